The van der Waals surface area contributed by atoms with Crippen molar-refractivity contribution in [3.05, 3.63) is 29.0 Å². The number of hydrogen-bond acceptors (Lipinski definition) is 6. The summed E-state index contributed by atoms with van der Waals surface area (Å²) in [6, 6.07) is 2.40. The third kappa shape index (κ3) is 5.15. The second-order valence-corrected chi connectivity index (χ2v) is 8.68. The first-order valence-corrected chi connectivity index (χ1v) is 10.2. The van der Waals surface area contributed by atoms with Crippen LogP contribution in [0.4, 0.5) is 0 Å². The number of aromatic nitrogens is 1. The highest BCUT2D eigenvalue weighted by atomic mass is 35.5. The van der Waals surface area contributed by atoms with Gasteiger partial charge in [-0.3, -0.25) is 4.79 Å². The lowest BCUT2D eigenvalue weighted by Gasteiger charge is -2.33. The summed E-state index contributed by atoms with van der Waals surface area (Å²) in [6.45, 7) is 3.33. The maximum absolute atomic E-state index is 12.5. The Hall–Kier alpha value is -1.67. The molecule has 1 aromatic rings. The number of halogens is 1. The van der Waals surface area contributed by atoms with E-state index < -0.39 is 28.3 Å². The smallest absolute Gasteiger partial charge is 0.340 e. The van der Waals surface area contributed by atoms with Gasteiger partial charge in [0.25, 0.3) is 5.91 Å². The molecule has 2 atom stereocenters. The minimum Gasteiger partial charge on any atom is -0.452 e. The Morgan fingerprint density at radius 1 is 1.44 bits per heavy atom. The van der Waals surface area contributed by atoms with Crippen molar-refractivity contribution >= 4 is 33.3 Å². The lowest BCUT2D eigenvalue weighted by molar-refractivity contribution is -0.138. The quantitative estimate of drug-likeness (QED) is 0.544. The molecule has 1 saturated heterocycles. The van der Waals surface area contributed by atoms with Crippen molar-refractivity contribution < 1.29 is 22.7 Å². The van der Waals surface area contributed by atoms with Gasteiger partial charge in [0.05, 0.1) is 17.1 Å². The van der Waals surface area contributed by atoms with E-state index in [4.69, 9.17) is 16.3 Å². The first kappa shape index (κ1) is 19.7. The normalized spacial score (nSPS) is 20.0. The molecule has 1 aliphatic rings. The second-order valence-electron chi connectivity index (χ2n) is 6.06. The van der Waals surface area contributed by atoms with E-state index in [1.807, 2.05) is 13.8 Å². The van der Waals surface area contributed by atoms with Crippen LogP contribution >= 0.6 is 11.6 Å². The Balaban J connectivity index is 2.02. The van der Waals surface area contributed by atoms with Crippen LogP contribution < -0.4 is 0 Å². The number of hydrogen-bond donors (Lipinski definition) is 0. The minimum atomic E-state index is -3.12. The van der Waals surface area contributed by atoms with Crippen LogP contribution in [0.5, 0.6) is 0 Å². The molecule has 1 fully saturated rings. The van der Waals surface area contributed by atoms with Crippen molar-refractivity contribution in [2.24, 2.45) is 0 Å². The van der Waals surface area contributed by atoms with Crippen LogP contribution in [0.3, 0.4) is 0 Å². The molecule has 1 aliphatic heterocycles. The van der Waals surface area contributed by atoms with Gasteiger partial charge in [0.15, 0.2) is 16.4 Å². The highest BCUT2D eigenvalue weighted by molar-refractivity contribution is 7.91. The largest absolute Gasteiger partial charge is 0.452 e. The van der Waals surface area contributed by atoms with Crippen molar-refractivity contribution in [1.82, 2.24) is 9.88 Å². The SMILES string of the molecule is CC[C@H](C)N(C(=O)COC(=O)c1ccc(Cl)nc1)[C@@H]1CCS(=O)(=O)C1. The number of amides is 1. The number of nitrogens with zero attached hydrogens (tertiary/aromatic N) is 2. The monoisotopic (exact) mass is 388 g/mol. The van der Waals surface area contributed by atoms with Crippen LogP contribution in [0.15, 0.2) is 18.3 Å². The average Bonchev–Trinajstić information content (AvgIpc) is 2.92. The second kappa shape index (κ2) is 8.14. The van der Waals surface area contributed by atoms with Crippen molar-refractivity contribution in [1.29, 1.82) is 0 Å². The lowest BCUT2D eigenvalue weighted by Crippen LogP contribution is -2.48. The lowest BCUT2D eigenvalue weighted by atomic mass is 10.1. The fourth-order valence-corrected chi connectivity index (χ4v) is 4.61. The molecular weight excluding hydrogens is 368 g/mol. The fourth-order valence-electron chi connectivity index (χ4n) is 2.78. The van der Waals surface area contributed by atoms with E-state index in [9.17, 15) is 18.0 Å². The molecule has 1 amide bonds. The van der Waals surface area contributed by atoms with Gasteiger partial charge < -0.3 is 9.64 Å². The molecule has 0 aliphatic carbocycles. The standard InChI is InChI=1S/C16H21ClN2O5S/c1-3-11(2)19(13-6-7-25(22,23)10-13)15(20)9-24-16(21)12-4-5-14(17)18-8-12/h4-5,8,11,13H,3,6-7,9-10H2,1-2H3/t11-,13+/m0/s1. The average molecular weight is 389 g/mol. The summed E-state index contributed by atoms with van der Waals surface area (Å²) in [4.78, 5) is 29.8. The minimum absolute atomic E-state index is 0.0435. The molecule has 25 heavy (non-hydrogen) atoms. The predicted molar refractivity (Wildman–Crippen MR) is 93.2 cm³/mol. The molecule has 2 heterocycles. The summed E-state index contributed by atoms with van der Waals surface area (Å²) in [6.07, 6.45) is 2.36. The molecular formula is C16H21ClN2O5S. The first-order valence-electron chi connectivity index (χ1n) is 8.03. The maximum atomic E-state index is 12.5. The number of rotatable bonds is 6. The highest BCUT2D eigenvalue weighted by Crippen LogP contribution is 2.21. The molecule has 1 aromatic heterocycles. The maximum Gasteiger partial charge on any atom is 0.340 e. The predicted octanol–water partition coefficient (Wildman–Crippen LogP) is 1.71. The van der Waals surface area contributed by atoms with Gasteiger partial charge in [0.2, 0.25) is 0 Å². The number of sulfone groups is 1. The molecule has 0 saturated carbocycles. The van der Waals surface area contributed by atoms with Crippen molar-refractivity contribution in [3.63, 3.8) is 0 Å². The van der Waals surface area contributed by atoms with E-state index in [0.717, 1.165) is 0 Å². The molecule has 0 spiro atoms. The van der Waals surface area contributed by atoms with Gasteiger partial charge in [-0.2, -0.15) is 0 Å². The van der Waals surface area contributed by atoms with Crippen molar-refractivity contribution in [3.8, 4) is 0 Å². The number of carbonyl (C=O) groups excluding carboxylic acids is 2. The summed E-state index contributed by atoms with van der Waals surface area (Å²) < 4.78 is 28.5. The summed E-state index contributed by atoms with van der Waals surface area (Å²) in [5.41, 5.74) is 0.190. The van der Waals surface area contributed by atoms with E-state index in [1.165, 1.54) is 23.2 Å². The number of carbonyl (C=O) groups is 2. The van der Waals surface area contributed by atoms with Crippen LogP contribution in [0.1, 0.15) is 37.0 Å². The van der Waals surface area contributed by atoms with Crippen molar-refractivity contribution in [2.75, 3.05) is 18.1 Å². The van der Waals surface area contributed by atoms with Gasteiger partial charge in [-0.15, -0.1) is 0 Å². The molecule has 7 nitrogen and oxygen atoms in total. The van der Waals surface area contributed by atoms with E-state index in [-0.39, 0.29) is 34.3 Å². The fraction of sp³-hybridized carbons (Fsp3) is 0.562. The van der Waals surface area contributed by atoms with E-state index >= 15 is 0 Å². The zero-order chi connectivity index (χ0) is 18.6. The molecule has 0 radical (unpaired) electrons. The van der Waals surface area contributed by atoms with Crippen molar-refractivity contribution in [2.45, 2.75) is 38.8 Å². The Bertz CT molecular complexity index is 735. The zero-order valence-corrected chi connectivity index (χ0v) is 15.7. The number of esters is 1. The Morgan fingerprint density at radius 2 is 2.16 bits per heavy atom. The summed E-state index contributed by atoms with van der Waals surface area (Å²) in [5, 5.41) is 0.248. The van der Waals surface area contributed by atoms with Gasteiger partial charge in [0.1, 0.15) is 5.15 Å². The molecule has 2 rings (SSSR count). The van der Waals surface area contributed by atoms with Crippen LogP contribution in [-0.2, 0) is 19.4 Å². The first-order chi connectivity index (χ1) is 11.7. The Labute approximate surface area is 152 Å². The third-order valence-corrected chi connectivity index (χ3v) is 6.22. The van der Waals surface area contributed by atoms with E-state index in [1.54, 1.807) is 0 Å². The van der Waals surface area contributed by atoms with Gasteiger partial charge >= 0.3 is 5.97 Å². The van der Waals surface area contributed by atoms with Gasteiger partial charge in [-0.25, -0.2) is 18.2 Å². The van der Waals surface area contributed by atoms with Crippen LogP contribution in [0.2, 0.25) is 5.15 Å². The zero-order valence-electron chi connectivity index (χ0n) is 14.1. The molecule has 0 aromatic carbocycles. The molecule has 0 bridgehead atoms. The van der Waals surface area contributed by atoms with Crippen LogP contribution in [0.25, 0.3) is 0 Å². The summed E-state index contributed by atoms with van der Waals surface area (Å²) >= 11 is 5.66. The third-order valence-electron chi connectivity index (χ3n) is 4.25. The molecule has 0 N–H and O–H groups in total. The Morgan fingerprint density at radius 3 is 2.68 bits per heavy atom. The molecule has 0 unspecified atom stereocenters. The molecule has 138 valence electrons. The van der Waals surface area contributed by atoms with Gasteiger partial charge in [0, 0.05) is 18.3 Å². The highest BCUT2D eigenvalue weighted by Gasteiger charge is 2.36. The van der Waals surface area contributed by atoms with E-state index in [0.29, 0.717) is 12.8 Å². The van der Waals surface area contributed by atoms with E-state index in [2.05, 4.69) is 4.98 Å². The number of ether oxygens (including phenoxy) is 1. The summed E-state index contributed by atoms with van der Waals surface area (Å²) in [5.74, 6) is -1.04. The van der Waals surface area contributed by atoms with Crippen LogP contribution in [0, 0.1) is 0 Å². The van der Waals surface area contributed by atoms with Crippen LogP contribution in [-0.4, -0.2) is 60.4 Å². The number of pyridine rings is 1. The van der Waals surface area contributed by atoms with Gasteiger partial charge in [-0.05, 0) is 31.9 Å². The van der Waals surface area contributed by atoms with Gasteiger partial charge in [-0.1, -0.05) is 18.5 Å². The Kier molecular flexibility index (Phi) is 6.40. The molecule has 9 heteroatoms. The topological polar surface area (TPSA) is 93.6 Å². The summed E-state index contributed by atoms with van der Waals surface area (Å²) in [7, 11) is -3.12.